The molecule has 1 aromatic rings. The maximum atomic E-state index is 12.3. The summed E-state index contributed by atoms with van der Waals surface area (Å²) in [7, 11) is 3.41. The van der Waals surface area contributed by atoms with Crippen molar-refractivity contribution in [3.63, 3.8) is 0 Å². The zero-order valence-electron chi connectivity index (χ0n) is 13.1. The molecule has 0 saturated carbocycles. The van der Waals surface area contributed by atoms with Crippen LogP contribution in [0.15, 0.2) is 18.2 Å². The van der Waals surface area contributed by atoms with E-state index >= 15 is 0 Å². The number of urea groups is 1. The largest absolute Gasteiger partial charge is 0.425 e. The lowest BCUT2D eigenvalue weighted by Crippen LogP contribution is -2.47. The standard InChI is InChI=1S/C16H21ClN2O3/c1-11-6-7-13(17)14(9-11)22-15(20)12-5-4-8-19(10-12)16(21)18(2)3/h6-7,9,12H,4-5,8,10H2,1-3H3/t12-/m1/s1. The van der Waals surface area contributed by atoms with E-state index < -0.39 is 0 Å². The Kier molecular flexibility index (Phi) is 5.29. The van der Waals surface area contributed by atoms with E-state index in [0.717, 1.165) is 18.4 Å². The zero-order valence-corrected chi connectivity index (χ0v) is 13.9. The van der Waals surface area contributed by atoms with Gasteiger partial charge in [0.25, 0.3) is 0 Å². The molecule has 1 atom stereocenters. The van der Waals surface area contributed by atoms with E-state index in [4.69, 9.17) is 16.3 Å². The number of hydrogen-bond donors (Lipinski definition) is 0. The molecule has 22 heavy (non-hydrogen) atoms. The van der Waals surface area contributed by atoms with Crippen LogP contribution in [0.2, 0.25) is 5.02 Å². The Morgan fingerprint density at radius 3 is 2.77 bits per heavy atom. The van der Waals surface area contributed by atoms with Crippen LogP contribution in [0.4, 0.5) is 4.79 Å². The fourth-order valence-electron chi connectivity index (χ4n) is 2.51. The van der Waals surface area contributed by atoms with Gasteiger partial charge in [0, 0.05) is 27.2 Å². The molecular formula is C16H21ClN2O3. The minimum absolute atomic E-state index is 0.0777. The second kappa shape index (κ2) is 7.01. The molecule has 1 aromatic carbocycles. The molecule has 6 heteroatoms. The monoisotopic (exact) mass is 324 g/mol. The fourth-order valence-corrected chi connectivity index (χ4v) is 2.66. The van der Waals surface area contributed by atoms with Crippen molar-refractivity contribution >= 4 is 23.6 Å². The van der Waals surface area contributed by atoms with Gasteiger partial charge in [-0.3, -0.25) is 4.79 Å². The van der Waals surface area contributed by atoms with Gasteiger partial charge in [0.15, 0.2) is 0 Å². The number of aryl methyl sites for hydroxylation is 1. The lowest BCUT2D eigenvalue weighted by Gasteiger charge is -2.33. The molecule has 0 aromatic heterocycles. The third-order valence-electron chi connectivity index (χ3n) is 3.71. The normalized spacial score (nSPS) is 18.0. The first-order valence-corrected chi connectivity index (χ1v) is 7.70. The van der Waals surface area contributed by atoms with E-state index in [0.29, 0.717) is 23.9 Å². The number of piperidine rings is 1. The number of halogens is 1. The summed E-state index contributed by atoms with van der Waals surface area (Å²) in [6.07, 6.45) is 1.51. The molecule has 1 aliphatic rings. The maximum Gasteiger partial charge on any atom is 0.319 e. The van der Waals surface area contributed by atoms with E-state index in [1.807, 2.05) is 13.0 Å². The van der Waals surface area contributed by atoms with Gasteiger partial charge in [-0.1, -0.05) is 17.7 Å². The van der Waals surface area contributed by atoms with Crippen molar-refractivity contribution in [3.05, 3.63) is 28.8 Å². The van der Waals surface area contributed by atoms with Crippen molar-refractivity contribution in [2.45, 2.75) is 19.8 Å². The van der Waals surface area contributed by atoms with Crippen LogP contribution in [0.3, 0.4) is 0 Å². The molecule has 120 valence electrons. The first-order chi connectivity index (χ1) is 10.4. The Balaban J connectivity index is 2.03. The molecule has 0 unspecified atom stereocenters. The molecule has 0 spiro atoms. The summed E-state index contributed by atoms with van der Waals surface area (Å²) >= 11 is 6.05. The molecule has 2 amide bonds. The molecule has 0 aliphatic carbocycles. The maximum absolute atomic E-state index is 12.3. The molecule has 1 aliphatic heterocycles. The summed E-state index contributed by atoms with van der Waals surface area (Å²) in [5.41, 5.74) is 0.972. The van der Waals surface area contributed by atoms with E-state index in [1.54, 1.807) is 31.1 Å². The van der Waals surface area contributed by atoms with Gasteiger partial charge >= 0.3 is 12.0 Å². The molecule has 0 radical (unpaired) electrons. The number of carbonyl (C=O) groups is 2. The summed E-state index contributed by atoms with van der Waals surface area (Å²) in [5, 5.41) is 0.413. The second-order valence-electron chi connectivity index (χ2n) is 5.82. The second-order valence-corrected chi connectivity index (χ2v) is 6.22. The van der Waals surface area contributed by atoms with Crippen molar-refractivity contribution in [3.8, 4) is 5.75 Å². The number of esters is 1. The Labute approximate surface area is 135 Å². The number of nitrogens with zero attached hydrogens (tertiary/aromatic N) is 2. The van der Waals surface area contributed by atoms with Crippen LogP contribution in [0.1, 0.15) is 18.4 Å². The van der Waals surface area contributed by atoms with Crippen LogP contribution in [-0.2, 0) is 4.79 Å². The Hall–Kier alpha value is -1.75. The Bertz CT molecular complexity index is 575. The summed E-state index contributed by atoms with van der Waals surface area (Å²) < 4.78 is 5.43. The fraction of sp³-hybridized carbons (Fsp3) is 0.500. The summed E-state index contributed by atoms with van der Waals surface area (Å²) in [4.78, 5) is 27.5. The predicted molar refractivity (Wildman–Crippen MR) is 85.2 cm³/mol. The van der Waals surface area contributed by atoms with E-state index in [-0.39, 0.29) is 17.9 Å². The number of ether oxygens (including phenoxy) is 1. The average Bonchev–Trinajstić information content (AvgIpc) is 2.50. The van der Waals surface area contributed by atoms with Gasteiger partial charge in [0.1, 0.15) is 5.75 Å². The van der Waals surface area contributed by atoms with Gasteiger partial charge in [-0.25, -0.2) is 4.79 Å². The number of amides is 2. The van der Waals surface area contributed by atoms with Gasteiger partial charge in [-0.05, 0) is 37.5 Å². The highest BCUT2D eigenvalue weighted by atomic mass is 35.5. The van der Waals surface area contributed by atoms with Crippen LogP contribution in [0.25, 0.3) is 0 Å². The van der Waals surface area contributed by atoms with Gasteiger partial charge in [-0.2, -0.15) is 0 Å². The van der Waals surface area contributed by atoms with Gasteiger partial charge in [0.05, 0.1) is 10.9 Å². The van der Waals surface area contributed by atoms with Crippen LogP contribution >= 0.6 is 11.6 Å². The minimum atomic E-state index is -0.330. The van der Waals surface area contributed by atoms with E-state index in [2.05, 4.69) is 0 Å². The zero-order chi connectivity index (χ0) is 16.3. The van der Waals surface area contributed by atoms with Crippen LogP contribution in [0, 0.1) is 12.8 Å². The summed E-state index contributed by atoms with van der Waals surface area (Å²) in [6, 6.07) is 5.23. The highest BCUT2D eigenvalue weighted by molar-refractivity contribution is 6.32. The van der Waals surface area contributed by atoms with Gasteiger partial charge in [0.2, 0.25) is 0 Å². The molecule has 1 fully saturated rings. The smallest absolute Gasteiger partial charge is 0.319 e. The number of rotatable bonds is 2. The van der Waals surface area contributed by atoms with Gasteiger partial charge < -0.3 is 14.5 Å². The molecule has 1 saturated heterocycles. The lowest BCUT2D eigenvalue weighted by molar-refractivity contribution is -0.140. The van der Waals surface area contributed by atoms with E-state index in [9.17, 15) is 9.59 Å². The highest BCUT2D eigenvalue weighted by Gasteiger charge is 2.30. The summed E-state index contributed by atoms with van der Waals surface area (Å²) in [6.45, 7) is 2.97. The minimum Gasteiger partial charge on any atom is -0.425 e. The topological polar surface area (TPSA) is 49.9 Å². The third-order valence-corrected chi connectivity index (χ3v) is 4.02. The first kappa shape index (κ1) is 16.6. The van der Waals surface area contributed by atoms with Crippen molar-refractivity contribution in [2.75, 3.05) is 27.2 Å². The number of hydrogen-bond acceptors (Lipinski definition) is 3. The van der Waals surface area contributed by atoms with Crippen LogP contribution in [-0.4, -0.2) is 49.0 Å². The number of benzene rings is 1. The molecule has 0 N–H and O–H groups in total. The lowest BCUT2D eigenvalue weighted by atomic mass is 9.98. The van der Waals surface area contributed by atoms with E-state index in [1.165, 1.54) is 4.90 Å². The molecule has 0 bridgehead atoms. The first-order valence-electron chi connectivity index (χ1n) is 7.32. The highest BCUT2D eigenvalue weighted by Crippen LogP contribution is 2.27. The van der Waals surface area contributed by atoms with Crippen molar-refractivity contribution < 1.29 is 14.3 Å². The van der Waals surface area contributed by atoms with Gasteiger partial charge in [-0.15, -0.1) is 0 Å². The summed E-state index contributed by atoms with van der Waals surface area (Å²) in [5.74, 6) is -0.263. The molecule has 1 heterocycles. The van der Waals surface area contributed by atoms with Crippen LogP contribution in [0.5, 0.6) is 5.75 Å². The molecule has 5 nitrogen and oxygen atoms in total. The average molecular weight is 325 g/mol. The SMILES string of the molecule is Cc1ccc(Cl)c(OC(=O)[C@@H]2CCCN(C(=O)N(C)C)C2)c1. The predicted octanol–water partition coefficient (Wildman–Crippen LogP) is 2.95. The van der Waals surface area contributed by atoms with Crippen molar-refractivity contribution in [1.29, 1.82) is 0 Å². The van der Waals surface area contributed by atoms with Crippen molar-refractivity contribution in [2.24, 2.45) is 5.92 Å². The number of carbonyl (C=O) groups excluding carboxylic acids is 2. The number of likely N-dealkylation sites (tertiary alicyclic amines) is 1. The van der Waals surface area contributed by atoms with Crippen LogP contribution < -0.4 is 4.74 Å². The third kappa shape index (κ3) is 3.91. The quantitative estimate of drug-likeness (QED) is 0.621. The molecule has 2 rings (SSSR count). The Morgan fingerprint density at radius 1 is 1.36 bits per heavy atom. The molecular weight excluding hydrogens is 304 g/mol. The van der Waals surface area contributed by atoms with Crippen molar-refractivity contribution in [1.82, 2.24) is 9.80 Å². The Morgan fingerprint density at radius 2 is 2.09 bits per heavy atom.